The molecule has 7 nitrogen and oxygen atoms in total. The molecule has 1 aromatic heterocycles. The standard InChI is InChI=1S/C20H24N4O3/c1-13(2)18(25)22-15-8-5-11-24(12-15)20(27)19(26)23-16-9-3-6-14-7-4-10-21-17(14)16/h3-4,6-7,9-10,13,15H,5,8,11-12H2,1-2H3,(H,22,25)(H,23,26). The molecule has 3 amide bonds. The summed E-state index contributed by atoms with van der Waals surface area (Å²) in [7, 11) is 0. The van der Waals surface area contributed by atoms with E-state index in [1.165, 1.54) is 4.90 Å². The van der Waals surface area contributed by atoms with Gasteiger partial charge in [0.25, 0.3) is 0 Å². The minimum atomic E-state index is -0.691. The van der Waals surface area contributed by atoms with Crippen molar-refractivity contribution in [2.24, 2.45) is 5.92 Å². The lowest BCUT2D eigenvalue weighted by Gasteiger charge is -2.33. The van der Waals surface area contributed by atoms with E-state index in [9.17, 15) is 14.4 Å². The highest BCUT2D eigenvalue weighted by Gasteiger charge is 2.29. The number of benzene rings is 1. The Bertz CT molecular complexity index is 860. The van der Waals surface area contributed by atoms with E-state index in [0.29, 0.717) is 24.3 Å². The zero-order chi connectivity index (χ0) is 19.4. The highest BCUT2D eigenvalue weighted by molar-refractivity contribution is 6.40. The summed E-state index contributed by atoms with van der Waals surface area (Å²) in [6, 6.07) is 9.02. The Labute approximate surface area is 158 Å². The normalized spacial score (nSPS) is 17.0. The lowest BCUT2D eigenvalue weighted by molar-refractivity contribution is -0.144. The molecular weight excluding hydrogens is 344 g/mol. The number of anilines is 1. The van der Waals surface area contributed by atoms with Crippen LogP contribution < -0.4 is 10.6 Å². The third-order valence-electron chi connectivity index (χ3n) is 4.65. The van der Waals surface area contributed by atoms with Gasteiger partial charge in [-0.25, -0.2) is 0 Å². The predicted octanol–water partition coefficient (Wildman–Crippen LogP) is 1.94. The molecule has 7 heteroatoms. The van der Waals surface area contributed by atoms with Crippen LogP contribution in [0.25, 0.3) is 10.9 Å². The van der Waals surface area contributed by atoms with Gasteiger partial charge in [-0.3, -0.25) is 19.4 Å². The number of likely N-dealkylation sites (tertiary alicyclic amines) is 1. The fourth-order valence-electron chi connectivity index (χ4n) is 3.17. The number of nitrogens with zero attached hydrogens (tertiary/aromatic N) is 2. The first kappa shape index (κ1) is 18.8. The predicted molar refractivity (Wildman–Crippen MR) is 103 cm³/mol. The van der Waals surface area contributed by atoms with Crippen LogP contribution in [0.5, 0.6) is 0 Å². The summed E-state index contributed by atoms with van der Waals surface area (Å²) >= 11 is 0. The summed E-state index contributed by atoms with van der Waals surface area (Å²) in [4.78, 5) is 42.7. The van der Waals surface area contributed by atoms with Crippen molar-refractivity contribution >= 4 is 34.3 Å². The molecule has 0 radical (unpaired) electrons. The molecule has 142 valence electrons. The average Bonchev–Trinajstić information content (AvgIpc) is 2.67. The van der Waals surface area contributed by atoms with Crippen LogP contribution >= 0.6 is 0 Å². The van der Waals surface area contributed by atoms with E-state index in [-0.39, 0.29) is 17.9 Å². The molecular formula is C20H24N4O3. The van der Waals surface area contributed by atoms with Gasteiger partial charge in [0.05, 0.1) is 11.2 Å². The number of hydrogen-bond acceptors (Lipinski definition) is 4. The number of amides is 3. The molecule has 1 unspecified atom stereocenters. The third kappa shape index (κ3) is 4.42. The van der Waals surface area contributed by atoms with Gasteiger partial charge in [-0.15, -0.1) is 0 Å². The maximum absolute atomic E-state index is 12.6. The van der Waals surface area contributed by atoms with Gasteiger partial charge in [0, 0.05) is 36.6 Å². The van der Waals surface area contributed by atoms with Crippen LogP contribution in [0.1, 0.15) is 26.7 Å². The lowest BCUT2D eigenvalue weighted by atomic mass is 10.0. The first-order valence-corrected chi connectivity index (χ1v) is 9.20. The summed E-state index contributed by atoms with van der Waals surface area (Å²) in [6.45, 7) is 4.51. The molecule has 0 spiro atoms. The number of piperidine rings is 1. The van der Waals surface area contributed by atoms with Gasteiger partial charge in [-0.2, -0.15) is 0 Å². The van der Waals surface area contributed by atoms with Crippen LogP contribution in [0.15, 0.2) is 36.5 Å². The smallest absolute Gasteiger partial charge is 0.313 e. The molecule has 0 bridgehead atoms. The van der Waals surface area contributed by atoms with E-state index < -0.39 is 11.8 Å². The highest BCUT2D eigenvalue weighted by Crippen LogP contribution is 2.21. The molecule has 2 heterocycles. The van der Waals surface area contributed by atoms with Gasteiger partial charge >= 0.3 is 11.8 Å². The zero-order valence-corrected chi connectivity index (χ0v) is 15.6. The van der Waals surface area contributed by atoms with Crippen molar-refractivity contribution in [2.75, 3.05) is 18.4 Å². The number of para-hydroxylation sites is 1. The number of aromatic nitrogens is 1. The summed E-state index contributed by atoms with van der Waals surface area (Å²) < 4.78 is 0. The highest BCUT2D eigenvalue weighted by atomic mass is 16.2. The summed E-state index contributed by atoms with van der Waals surface area (Å²) in [5.74, 6) is -1.44. The number of fused-ring (bicyclic) bond motifs is 1. The topological polar surface area (TPSA) is 91.4 Å². The quantitative estimate of drug-likeness (QED) is 0.810. The first-order chi connectivity index (χ1) is 13.0. The molecule has 0 saturated carbocycles. The van der Waals surface area contributed by atoms with Crippen LogP contribution in [0.3, 0.4) is 0 Å². The fourth-order valence-corrected chi connectivity index (χ4v) is 3.17. The second-order valence-electron chi connectivity index (χ2n) is 7.09. The average molecular weight is 368 g/mol. The van der Waals surface area contributed by atoms with Gasteiger partial charge in [0.15, 0.2) is 0 Å². The SMILES string of the molecule is CC(C)C(=O)NC1CCCN(C(=O)C(=O)Nc2cccc3cccnc23)C1. The van der Waals surface area contributed by atoms with Crippen molar-refractivity contribution < 1.29 is 14.4 Å². The molecule has 2 N–H and O–H groups in total. The number of carbonyl (C=O) groups is 3. The molecule has 0 aliphatic carbocycles. The number of rotatable bonds is 3. The van der Waals surface area contributed by atoms with Crippen LogP contribution in [0.4, 0.5) is 5.69 Å². The minimum Gasteiger partial charge on any atom is -0.351 e. The second kappa shape index (κ2) is 8.16. The Morgan fingerprint density at radius 1 is 1.19 bits per heavy atom. The van der Waals surface area contributed by atoms with E-state index in [1.54, 1.807) is 12.3 Å². The molecule has 1 aliphatic rings. The van der Waals surface area contributed by atoms with Gasteiger partial charge in [-0.05, 0) is 25.0 Å². The molecule has 1 aliphatic heterocycles. The Morgan fingerprint density at radius 2 is 1.96 bits per heavy atom. The number of nitrogens with one attached hydrogen (secondary N) is 2. The van der Waals surface area contributed by atoms with Crippen LogP contribution in [0.2, 0.25) is 0 Å². The van der Waals surface area contributed by atoms with E-state index in [4.69, 9.17) is 0 Å². The first-order valence-electron chi connectivity index (χ1n) is 9.20. The van der Waals surface area contributed by atoms with Gasteiger partial charge < -0.3 is 15.5 Å². The van der Waals surface area contributed by atoms with Crippen LogP contribution in [-0.2, 0) is 14.4 Å². The van der Waals surface area contributed by atoms with Crippen molar-refractivity contribution in [1.82, 2.24) is 15.2 Å². The maximum atomic E-state index is 12.6. The van der Waals surface area contributed by atoms with Gasteiger partial charge in [-0.1, -0.05) is 32.0 Å². The number of pyridine rings is 1. The van der Waals surface area contributed by atoms with Crippen molar-refractivity contribution in [3.8, 4) is 0 Å². The summed E-state index contributed by atoms with van der Waals surface area (Å²) in [5.41, 5.74) is 1.15. The van der Waals surface area contributed by atoms with Crippen molar-refractivity contribution in [2.45, 2.75) is 32.7 Å². The molecule has 1 aromatic carbocycles. The van der Waals surface area contributed by atoms with Crippen LogP contribution in [-0.4, -0.2) is 46.7 Å². The van der Waals surface area contributed by atoms with Crippen molar-refractivity contribution in [3.05, 3.63) is 36.5 Å². The number of carbonyl (C=O) groups excluding carboxylic acids is 3. The molecule has 2 aromatic rings. The van der Waals surface area contributed by atoms with E-state index in [2.05, 4.69) is 15.6 Å². The second-order valence-corrected chi connectivity index (χ2v) is 7.09. The summed E-state index contributed by atoms with van der Waals surface area (Å²) in [5, 5.41) is 6.50. The van der Waals surface area contributed by atoms with Gasteiger partial charge in [0.2, 0.25) is 5.91 Å². The van der Waals surface area contributed by atoms with Crippen molar-refractivity contribution in [1.29, 1.82) is 0 Å². The minimum absolute atomic E-state index is 0.0411. The summed E-state index contributed by atoms with van der Waals surface area (Å²) in [6.07, 6.45) is 3.20. The lowest BCUT2D eigenvalue weighted by Crippen LogP contribution is -2.52. The van der Waals surface area contributed by atoms with Crippen LogP contribution in [0, 0.1) is 5.92 Å². The fraction of sp³-hybridized carbons (Fsp3) is 0.400. The Kier molecular flexibility index (Phi) is 5.69. The monoisotopic (exact) mass is 368 g/mol. The van der Waals surface area contributed by atoms with E-state index >= 15 is 0 Å². The van der Waals surface area contributed by atoms with E-state index in [0.717, 1.165) is 18.2 Å². The molecule has 1 saturated heterocycles. The largest absolute Gasteiger partial charge is 0.351 e. The van der Waals surface area contributed by atoms with Crippen molar-refractivity contribution in [3.63, 3.8) is 0 Å². The Hall–Kier alpha value is -2.96. The Morgan fingerprint density at radius 3 is 2.74 bits per heavy atom. The van der Waals surface area contributed by atoms with E-state index in [1.807, 2.05) is 38.1 Å². The molecule has 27 heavy (non-hydrogen) atoms. The maximum Gasteiger partial charge on any atom is 0.313 e. The molecule has 3 rings (SSSR count). The Balaban J connectivity index is 1.66. The zero-order valence-electron chi connectivity index (χ0n) is 15.6. The molecule has 1 atom stereocenters. The number of hydrogen-bond donors (Lipinski definition) is 2. The van der Waals surface area contributed by atoms with Gasteiger partial charge in [0.1, 0.15) is 0 Å². The third-order valence-corrected chi connectivity index (χ3v) is 4.65. The molecule has 1 fully saturated rings.